The average Bonchev–Trinajstić information content (AvgIpc) is 2.82. The van der Waals surface area contributed by atoms with Gasteiger partial charge in [-0.1, -0.05) is 0 Å². The Balaban J connectivity index is 2.34. The van der Waals surface area contributed by atoms with Gasteiger partial charge in [-0.2, -0.15) is 5.10 Å². The van der Waals surface area contributed by atoms with Crippen molar-refractivity contribution in [1.29, 1.82) is 0 Å². The highest BCUT2D eigenvalue weighted by Gasteiger charge is 2.14. The van der Waals surface area contributed by atoms with Crippen molar-refractivity contribution < 1.29 is 14.2 Å². The molecule has 0 spiro atoms. The molecule has 20 heavy (non-hydrogen) atoms. The molecule has 0 fully saturated rings. The number of ether oxygens (including phenoxy) is 1. The van der Waals surface area contributed by atoms with Gasteiger partial charge in [0, 0.05) is 11.6 Å². The first-order chi connectivity index (χ1) is 9.38. The maximum absolute atomic E-state index is 13.6. The topological polar surface area (TPSA) is 47.3 Å². The summed E-state index contributed by atoms with van der Waals surface area (Å²) < 4.78 is 21.1. The maximum Gasteiger partial charge on any atom is 0.165 e. The normalized spacial score (nSPS) is 12.8. The summed E-state index contributed by atoms with van der Waals surface area (Å²) in [6.45, 7) is 7.26. The maximum atomic E-state index is 13.6. The van der Waals surface area contributed by atoms with Crippen molar-refractivity contribution in [3.05, 3.63) is 41.5 Å². The van der Waals surface area contributed by atoms with Crippen LogP contribution < -0.4 is 4.74 Å². The number of aliphatic hydroxyl groups excluding tert-OH is 1. The Morgan fingerprint density at radius 2 is 2.00 bits per heavy atom. The Morgan fingerprint density at radius 3 is 2.55 bits per heavy atom. The monoisotopic (exact) mass is 278 g/mol. The van der Waals surface area contributed by atoms with E-state index in [9.17, 15) is 9.50 Å². The van der Waals surface area contributed by atoms with E-state index in [2.05, 4.69) is 5.10 Å². The zero-order valence-electron chi connectivity index (χ0n) is 12.1. The van der Waals surface area contributed by atoms with E-state index >= 15 is 0 Å². The summed E-state index contributed by atoms with van der Waals surface area (Å²) in [5.41, 5.74) is 0.894. The van der Waals surface area contributed by atoms with Gasteiger partial charge in [-0.05, 0) is 45.4 Å². The Morgan fingerprint density at radius 1 is 1.30 bits per heavy atom. The second kappa shape index (κ2) is 5.63. The predicted octanol–water partition coefficient (Wildman–Crippen LogP) is 3.76. The van der Waals surface area contributed by atoms with Crippen LogP contribution in [0.1, 0.15) is 44.0 Å². The highest BCUT2D eigenvalue weighted by Crippen LogP contribution is 2.32. The van der Waals surface area contributed by atoms with E-state index in [1.807, 2.05) is 13.8 Å². The first-order valence-corrected chi connectivity index (χ1v) is 6.58. The summed E-state index contributed by atoms with van der Waals surface area (Å²) in [4.78, 5) is 0. The second-order valence-corrected chi connectivity index (χ2v) is 5.17. The van der Waals surface area contributed by atoms with E-state index in [-0.39, 0.29) is 11.9 Å². The van der Waals surface area contributed by atoms with Crippen LogP contribution in [0.4, 0.5) is 4.39 Å². The van der Waals surface area contributed by atoms with E-state index in [0.29, 0.717) is 22.6 Å². The van der Waals surface area contributed by atoms with E-state index in [4.69, 9.17) is 4.74 Å². The molecule has 1 atom stereocenters. The molecular formula is C15H19FN2O2. The van der Waals surface area contributed by atoms with Crippen molar-refractivity contribution >= 4 is 0 Å². The van der Waals surface area contributed by atoms with Gasteiger partial charge in [-0.3, -0.25) is 4.68 Å². The van der Waals surface area contributed by atoms with Crippen LogP contribution in [0.3, 0.4) is 0 Å². The van der Waals surface area contributed by atoms with Crippen molar-refractivity contribution in [1.82, 2.24) is 9.78 Å². The molecule has 0 unspecified atom stereocenters. The van der Waals surface area contributed by atoms with Crippen LogP contribution >= 0.6 is 0 Å². The minimum Gasteiger partial charge on any atom is -0.454 e. The largest absolute Gasteiger partial charge is 0.454 e. The molecule has 5 heteroatoms. The first kappa shape index (κ1) is 14.5. The molecule has 1 aromatic carbocycles. The molecular weight excluding hydrogens is 259 g/mol. The molecule has 0 aliphatic carbocycles. The molecule has 4 nitrogen and oxygen atoms in total. The van der Waals surface area contributed by atoms with Crippen LogP contribution in [0.2, 0.25) is 0 Å². The molecule has 2 rings (SSSR count). The molecule has 108 valence electrons. The smallest absolute Gasteiger partial charge is 0.165 e. The molecule has 2 aromatic rings. The fourth-order valence-electron chi connectivity index (χ4n) is 1.87. The summed E-state index contributed by atoms with van der Waals surface area (Å²) in [5.74, 6) is 0.653. The molecule has 1 N–H and O–H groups in total. The van der Waals surface area contributed by atoms with Crippen LogP contribution in [0.15, 0.2) is 24.5 Å². The van der Waals surface area contributed by atoms with Crippen LogP contribution in [-0.2, 0) is 0 Å². The number of rotatable bonds is 4. The standard InChI is InChI=1S/C15H19FN2O2/c1-9(2)18-8-12(7-17-18)20-15-5-10(3)14(16)6-13(15)11(4)19/h5-9,11,19H,1-4H3/t11-/m0/s1. The van der Waals surface area contributed by atoms with Gasteiger partial charge >= 0.3 is 0 Å². The molecule has 0 aliphatic rings. The predicted molar refractivity (Wildman–Crippen MR) is 74.5 cm³/mol. The van der Waals surface area contributed by atoms with Gasteiger partial charge in [-0.15, -0.1) is 0 Å². The van der Waals surface area contributed by atoms with Crippen molar-refractivity contribution in [2.75, 3.05) is 0 Å². The first-order valence-electron chi connectivity index (χ1n) is 6.58. The third kappa shape index (κ3) is 2.99. The van der Waals surface area contributed by atoms with Crippen LogP contribution in [0.5, 0.6) is 11.5 Å². The number of hydrogen-bond donors (Lipinski definition) is 1. The van der Waals surface area contributed by atoms with Gasteiger partial charge in [0.25, 0.3) is 0 Å². The Bertz CT molecular complexity index is 606. The number of aryl methyl sites for hydroxylation is 1. The zero-order chi connectivity index (χ0) is 14.9. The fraction of sp³-hybridized carbons (Fsp3) is 0.400. The Hall–Kier alpha value is -1.88. The lowest BCUT2D eigenvalue weighted by Crippen LogP contribution is -2.00. The zero-order valence-corrected chi connectivity index (χ0v) is 12.1. The minimum absolute atomic E-state index is 0.235. The van der Waals surface area contributed by atoms with Crippen molar-refractivity contribution in [3.63, 3.8) is 0 Å². The quantitative estimate of drug-likeness (QED) is 0.926. The summed E-state index contributed by atoms with van der Waals surface area (Å²) in [6, 6.07) is 3.13. The molecule has 0 saturated heterocycles. The number of benzene rings is 1. The number of aromatic nitrogens is 2. The van der Waals surface area contributed by atoms with Crippen molar-refractivity contribution in [3.8, 4) is 11.5 Å². The van der Waals surface area contributed by atoms with Crippen molar-refractivity contribution in [2.45, 2.75) is 39.8 Å². The highest BCUT2D eigenvalue weighted by atomic mass is 19.1. The van der Waals surface area contributed by atoms with Crippen LogP contribution in [0.25, 0.3) is 0 Å². The van der Waals surface area contributed by atoms with Gasteiger partial charge < -0.3 is 9.84 Å². The number of nitrogens with zero attached hydrogens (tertiary/aromatic N) is 2. The summed E-state index contributed by atoms with van der Waals surface area (Å²) >= 11 is 0. The summed E-state index contributed by atoms with van der Waals surface area (Å²) in [6.07, 6.45) is 2.57. The molecule has 0 aliphatic heterocycles. The van der Waals surface area contributed by atoms with Crippen LogP contribution in [0, 0.1) is 12.7 Å². The van der Waals surface area contributed by atoms with Gasteiger partial charge in [0.05, 0.1) is 18.5 Å². The molecule has 0 radical (unpaired) electrons. The lowest BCUT2D eigenvalue weighted by atomic mass is 10.1. The SMILES string of the molecule is Cc1cc(Oc2cnn(C(C)C)c2)c([C@H](C)O)cc1F. The Labute approximate surface area is 117 Å². The lowest BCUT2D eigenvalue weighted by Gasteiger charge is -2.13. The van der Waals surface area contributed by atoms with E-state index in [0.717, 1.165) is 0 Å². The summed E-state index contributed by atoms with van der Waals surface area (Å²) in [7, 11) is 0. The molecule has 1 heterocycles. The fourth-order valence-corrected chi connectivity index (χ4v) is 1.87. The Kier molecular flexibility index (Phi) is 4.09. The molecule has 0 bridgehead atoms. The minimum atomic E-state index is -0.805. The lowest BCUT2D eigenvalue weighted by molar-refractivity contribution is 0.195. The summed E-state index contributed by atoms with van der Waals surface area (Å²) in [5, 5.41) is 13.9. The second-order valence-electron chi connectivity index (χ2n) is 5.17. The molecule has 0 saturated carbocycles. The number of aliphatic hydroxyl groups is 1. The number of hydrogen-bond acceptors (Lipinski definition) is 3. The van der Waals surface area contributed by atoms with E-state index in [1.54, 1.807) is 37.0 Å². The number of halogens is 1. The van der Waals surface area contributed by atoms with Gasteiger partial charge in [-0.25, -0.2) is 4.39 Å². The van der Waals surface area contributed by atoms with Crippen molar-refractivity contribution in [2.24, 2.45) is 0 Å². The molecule has 0 amide bonds. The highest BCUT2D eigenvalue weighted by molar-refractivity contribution is 5.41. The van der Waals surface area contributed by atoms with E-state index in [1.165, 1.54) is 6.07 Å². The van der Waals surface area contributed by atoms with Gasteiger partial charge in [0.1, 0.15) is 11.6 Å². The van der Waals surface area contributed by atoms with Crippen LogP contribution in [-0.4, -0.2) is 14.9 Å². The third-order valence-electron chi connectivity index (χ3n) is 3.08. The van der Waals surface area contributed by atoms with E-state index < -0.39 is 6.10 Å². The third-order valence-corrected chi connectivity index (χ3v) is 3.08. The molecule has 1 aromatic heterocycles. The van der Waals surface area contributed by atoms with Gasteiger partial charge in [0.2, 0.25) is 0 Å². The average molecular weight is 278 g/mol. The van der Waals surface area contributed by atoms with Gasteiger partial charge in [0.15, 0.2) is 5.75 Å².